The summed E-state index contributed by atoms with van der Waals surface area (Å²) in [6, 6.07) is 16.0. The summed E-state index contributed by atoms with van der Waals surface area (Å²) in [7, 11) is 1.30. The van der Waals surface area contributed by atoms with Gasteiger partial charge in [0, 0.05) is 16.1 Å². The molecule has 0 aliphatic rings. The van der Waals surface area contributed by atoms with E-state index in [4.69, 9.17) is 0 Å². The van der Waals surface area contributed by atoms with Crippen LogP contribution < -0.4 is 10.9 Å². The first-order valence-electron chi connectivity index (χ1n) is 9.50. The largest absolute Gasteiger partial charge is 0.465 e. The molecule has 1 N–H and O–H groups in total. The number of anilines is 1. The molecule has 0 saturated carbocycles. The maximum atomic E-state index is 13.2. The molecule has 4 aromatic rings. The lowest BCUT2D eigenvalue weighted by atomic mass is 10.0. The van der Waals surface area contributed by atoms with Crippen molar-refractivity contribution in [1.29, 1.82) is 0 Å². The third-order valence-corrected chi connectivity index (χ3v) is 5.83. The van der Waals surface area contributed by atoms with Crippen molar-refractivity contribution in [2.24, 2.45) is 0 Å². The first-order chi connectivity index (χ1) is 15.0. The third-order valence-electron chi connectivity index (χ3n) is 4.82. The average Bonchev–Trinajstić information content (AvgIpc) is 3.13. The highest BCUT2D eigenvalue weighted by Crippen LogP contribution is 2.35. The molecule has 7 nitrogen and oxygen atoms in total. The summed E-state index contributed by atoms with van der Waals surface area (Å²) >= 11 is 1.46. The Hall–Kier alpha value is -3.78. The van der Waals surface area contributed by atoms with Crippen LogP contribution in [-0.4, -0.2) is 28.5 Å². The Morgan fingerprint density at radius 1 is 1.10 bits per heavy atom. The number of thiophene rings is 1. The zero-order valence-electron chi connectivity index (χ0n) is 16.9. The zero-order chi connectivity index (χ0) is 22.0. The molecule has 156 valence electrons. The van der Waals surface area contributed by atoms with Gasteiger partial charge in [0.25, 0.3) is 5.56 Å². The Morgan fingerprint density at radius 3 is 2.48 bits per heavy atom. The summed E-state index contributed by atoms with van der Waals surface area (Å²) in [6.07, 6.45) is 1.40. The Balaban J connectivity index is 1.60. The lowest BCUT2D eigenvalue weighted by Gasteiger charge is -2.08. The highest BCUT2D eigenvalue weighted by atomic mass is 32.1. The normalized spacial score (nSPS) is 10.8. The molecule has 0 spiro atoms. The van der Waals surface area contributed by atoms with Gasteiger partial charge in [-0.05, 0) is 36.8 Å². The van der Waals surface area contributed by atoms with E-state index in [2.05, 4.69) is 15.0 Å². The highest BCUT2D eigenvalue weighted by Gasteiger charge is 2.17. The van der Waals surface area contributed by atoms with Crippen LogP contribution in [0, 0.1) is 6.92 Å². The van der Waals surface area contributed by atoms with E-state index in [9.17, 15) is 14.4 Å². The van der Waals surface area contributed by atoms with Crippen molar-refractivity contribution in [1.82, 2.24) is 9.55 Å². The van der Waals surface area contributed by atoms with E-state index in [1.54, 1.807) is 24.3 Å². The van der Waals surface area contributed by atoms with E-state index in [1.165, 1.54) is 29.3 Å². The molecule has 0 radical (unpaired) electrons. The van der Waals surface area contributed by atoms with Gasteiger partial charge in [0.05, 0.1) is 24.4 Å². The predicted molar refractivity (Wildman–Crippen MR) is 120 cm³/mol. The Morgan fingerprint density at radius 2 is 1.81 bits per heavy atom. The standard InChI is InChI=1S/C23H19N3O4S/c1-14-19(15-6-4-3-5-7-15)20-21(31-14)24-13-26(22(20)28)12-18(27)25-17-10-8-16(9-11-17)23(29)30-2/h3-11,13H,12H2,1-2H3,(H,25,27). The van der Waals surface area contributed by atoms with Gasteiger partial charge in [-0.25, -0.2) is 9.78 Å². The van der Waals surface area contributed by atoms with Gasteiger partial charge < -0.3 is 10.1 Å². The van der Waals surface area contributed by atoms with Crippen LogP contribution in [0.15, 0.2) is 65.7 Å². The van der Waals surface area contributed by atoms with Crippen molar-refractivity contribution >= 4 is 39.1 Å². The minimum atomic E-state index is -0.455. The molecule has 0 atom stereocenters. The van der Waals surface area contributed by atoms with Gasteiger partial charge in [0.1, 0.15) is 11.4 Å². The smallest absolute Gasteiger partial charge is 0.337 e. The second kappa shape index (κ2) is 8.53. The SMILES string of the molecule is COC(=O)c1ccc(NC(=O)Cn2cnc3sc(C)c(-c4ccccc4)c3c2=O)cc1. The lowest BCUT2D eigenvalue weighted by molar-refractivity contribution is -0.116. The molecular weight excluding hydrogens is 414 g/mol. The van der Waals surface area contributed by atoms with Crippen LogP contribution in [0.2, 0.25) is 0 Å². The van der Waals surface area contributed by atoms with Crippen LogP contribution >= 0.6 is 11.3 Å². The maximum Gasteiger partial charge on any atom is 0.337 e. The van der Waals surface area contributed by atoms with E-state index >= 15 is 0 Å². The van der Waals surface area contributed by atoms with Crippen LogP contribution in [0.1, 0.15) is 15.2 Å². The summed E-state index contributed by atoms with van der Waals surface area (Å²) in [5.41, 5.74) is 2.43. The fourth-order valence-corrected chi connectivity index (χ4v) is 4.37. The lowest BCUT2D eigenvalue weighted by Crippen LogP contribution is -2.27. The van der Waals surface area contributed by atoms with Gasteiger partial charge in [-0.3, -0.25) is 14.2 Å². The summed E-state index contributed by atoms with van der Waals surface area (Å²) in [6.45, 7) is 1.78. The molecule has 0 aliphatic carbocycles. The monoisotopic (exact) mass is 433 g/mol. The number of esters is 1. The average molecular weight is 433 g/mol. The summed E-state index contributed by atoms with van der Waals surface area (Å²) in [5, 5.41) is 3.25. The first-order valence-corrected chi connectivity index (χ1v) is 10.3. The molecule has 0 unspecified atom stereocenters. The van der Waals surface area contributed by atoms with Crippen LogP contribution in [0.25, 0.3) is 21.3 Å². The molecule has 0 fully saturated rings. The van der Waals surface area contributed by atoms with Crippen LogP contribution in [0.5, 0.6) is 0 Å². The number of nitrogens with one attached hydrogen (secondary N) is 1. The minimum Gasteiger partial charge on any atom is -0.465 e. The number of aromatic nitrogens is 2. The van der Waals surface area contributed by atoms with Gasteiger partial charge in [-0.2, -0.15) is 0 Å². The summed E-state index contributed by atoms with van der Waals surface area (Å²) < 4.78 is 5.96. The molecule has 1 amide bonds. The zero-order valence-corrected chi connectivity index (χ0v) is 17.7. The molecular formula is C23H19N3O4S. The van der Waals surface area contributed by atoms with E-state index in [0.29, 0.717) is 21.5 Å². The Bertz CT molecular complexity index is 1320. The minimum absolute atomic E-state index is 0.177. The Kier molecular flexibility index (Phi) is 5.64. The number of nitrogens with zero attached hydrogens (tertiary/aromatic N) is 2. The molecule has 0 saturated heterocycles. The maximum absolute atomic E-state index is 13.2. The second-order valence-corrected chi connectivity index (χ2v) is 8.08. The van der Waals surface area contributed by atoms with Gasteiger partial charge >= 0.3 is 5.97 Å². The van der Waals surface area contributed by atoms with Gasteiger partial charge in [-0.15, -0.1) is 11.3 Å². The molecule has 4 rings (SSSR count). The number of carbonyl (C=O) groups excluding carboxylic acids is 2. The molecule has 2 aromatic heterocycles. The van der Waals surface area contributed by atoms with Crippen LogP contribution in [-0.2, 0) is 16.1 Å². The number of hydrogen-bond acceptors (Lipinski definition) is 6. The molecule has 2 aromatic carbocycles. The molecule has 0 aliphatic heterocycles. The number of amides is 1. The number of hydrogen-bond donors (Lipinski definition) is 1. The van der Waals surface area contributed by atoms with Crippen molar-refractivity contribution in [3.63, 3.8) is 0 Å². The van der Waals surface area contributed by atoms with Gasteiger partial charge in [0.2, 0.25) is 5.91 Å². The molecule has 31 heavy (non-hydrogen) atoms. The number of carbonyl (C=O) groups is 2. The van der Waals surface area contributed by atoms with Crippen molar-refractivity contribution in [3.05, 3.63) is 81.7 Å². The number of aryl methyl sites for hydroxylation is 1. The quantitative estimate of drug-likeness (QED) is 0.483. The Labute approximate surface area is 181 Å². The number of rotatable bonds is 5. The topological polar surface area (TPSA) is 90.3 Å². The number of ether oxygens (including phenoxy) is 1. The third kappa shape index (κ3) is 4.10. The predicted octanol–water partition coefficient (Wildman–Crippen LogP) is 3.86. The van der Waals surface area contributed by atoms with E-state index in [1.807, 2.05) is 37.3 Å². The van der Waals surface area contributed by atoms with Crippen molar-refractivity contribution in [3.8, 4) is 11.1 Å². The van der Waals surface area contributed by atoms with Crippen LogP contribution in [0.3, 0.4) is 0 Å². The van der Waals surface area contributed by atoms with Gasteiger partial charge in [-0.1, -0.05) is 30.3 Å². The number of fused-ring (bicyclic) bond motifs is 1. The number of benzene rings is 2. The fraction of sp³-hybridized carbons (Fsp3) is 0.130. The van der Waals surface area contributed by atoms with Crippen LogP contribution in [0.4, 0.5) is 5.69 Å². The molecule has 8 heteroatoms. The number of methoxy groups -OCH3 is 1. The second-order valence-electron chi connectivity index (χ2n) is 6.87. The molecule has 2 heterocycles. The van der Waals surface area contributed by atoms with E-state index in [-0.39, 0.29) is 18.0 Å². The van der Waals surface area contributed by atoms with Crippen molar-refractivity contribution in [2.45, 2.75) is 13.5 Å². The first kappa shape index (κ1) is 20.5. The summed E-state index contributed by atoms with van der Waals surface area (Å²) in [4.78, 5) is 43.3. The van der Waals surface area contributed by atoms with Gasteiger partial charge in [0.15, 0.2) is 0 Å². The highest BCUT2D eigenvalue weighted by molar-refractivity contribution is 7.19. The van der Waals surface area contributed by atoms with Crippen molar-refractivity contribution < 1.29 is 14.3 Å². The van der Waals surface area contributed by atoms with E-state index < -0.39 is 5.97 Å². The summed E-state index contributed by atoms with van der Waals surface area (Å²) in [5.74, 6) is -0.827. The molecule has 0 bridgehead atoms. The van der Waals surface area contributed by atoms with E-state index in [0.717, 1.165) is 16.0 Å². The fourth-order valence-electron chi connectivity index (χ4n) is 3.37. The van der Waals surface area contributed by atoms with Crippen molar-refractivity contribution in [2.75, 3.05) is 12.4 Å².